The second kappa shape index (κ2) is 7.28. The van der Waals surface area contributed by atoms with Crippen molar-refractivity contribution >= 4 is 6.08 Å². The zero-order valence-corrected chi connectivity index (χ0v) is 9.58. The summed E-state index contributed by atoms with van der Waals surface area (Å²) in [5.41, 5.74) is 2.20. The molecule has 1 aromatic carbocycles. The van der Waals surface area contributed by atoms with Gasteiger partial charge in [-0.25, -0.2) is 0 Å². The highest BCUT2D eigenvalue weighted by Gasteiger charge is 1.92. The Morgan fingerprint density at radius 1 is 1.13 bits per heavy atom. The molecule has 2 radical (unpaired) electrons. The van der Waals surface area contributed by atoms with Gasteiger partial charge in [-0.3, -0.25) is 0 Å². The number of unbranched alkanes of at least 4 members (excludes halogenated alkanes) is 3. The fourth-order valence-corrected chi connectivity index (χ4v) is 1.59. The molecule has 0 fully saturated rings. The molecule has 0 N–H and O–H groups in total. The van der Waals surface area contributed by atoms with E-state index < -0.39 is 0 Å². The summed E-state index contributed by atoms with van der Waals surface area (Å²) in [6.07, 6.45) is 8.20. The van der Waals surface area contributed by atoms with Crippen LogP contribution in [-0.2, 0) is 0 Å². The van der Waals surface area contributed by atoms with Crippen molar-refractivity contribution < 1.29 is 0 Å². The summed E-state index contributed by atoms with van der Waals surface area (Å²) in [7, 11) is 0. The summed E-state index contributed by atoms with van der Waals surface area (Å²) in [5, 5.41) is 0. The smallest absolute Gasteiger partial charge is 0.00564 e. The van der Waals surface area contributed by atoms with Crippen LogP contribution < -0.4 is 0 Å². The van der Waals surface area contributed by atoms with Gasteiger partial charge < -0.3 is 0 Å². The molecule has 0 aliphatic heterocycles. The standard InChI is InChI=1S/C15H20/c1-3-4-5-7-10-14(2)13-15-11-8-6-9-12-15/h2,6,8-9,11-13H,3-5,7,10H2,1H3. The Hall–Kier alpha value is -1.04. The van der Waals surface area contributed by atoms with Crippen LogP contribution in [0.3, 0.4) is 0 Å². The van der Waals surface area contributed by atoms with Gasteiger partial charge in [-0.1, -0.05) is 68.2 Å². The summed E-state index contributed by atoms with van der Waals surface area (Å²) < 4.78 is 0. The second-order valence-corrected chi connectivity index (χ2v) is 3.94. The molecule has 1 rings (SSSR count). The van der Waals surface area contributed by atoms with Crippen molar-refractivity contribution in [1.82, 2.24) is 0 Å². The van der Waals surface area contributed by atoms with E-state index in [4.69, 9.17) is 6.92 Å². The lowest BCUT2D eigenvalue weighted by Gasteiger charge is -2.01. The SMILES string of the molecule is [CH]C(=Cc1ccccc1)CCCCCC. The Kier molecular flexibility index (Phi) is 5.84. The molecule has 0 bridgehead atoms. The van der Waals surface area contributed by atoms with E-state index in [2.05, 4.69) is 25.1 Å². The Morgan fingerprint density at radius 2 is 1.87 bits per heavy atom. The van der Waals surface area contributed by atoms with Gasteiger partial charge in [0, 0.05) is 0 Å². The molecule has 0 atom stereocenters. The monoisotopic (exact) mass is 200 g/mol. The van der Waals surface area contributed by atoms with Gasteiger partial charge in [0.05, 0.1) is 0 Å². The van der Waals surface area contributed by atoms with Gasteiger partial charge in [0.2, 0.25) is 0 Å². The maximum atomic E-state index is 5.95. The number of benzene rings is 1. The Balaban J connectivity index is 2.33. The average Bonchev–Trinajstić information content (AvgIpc) is 2.26. The molecule has 0 aliphatic rings. The first-order valence-electron chi connectivity index (χ1n) is 5.84. The van der Waals surface area contributed by atoms with Gasteiger partial charge >= 0.3 is 0 Å². The van der Waals surface area contributed by atoms with Gasteiger partial charge in [0.1, 0.15) is 0 Å². The first-order valence-corrected chi connectivity index (χ1v) is 5.84. The predicted octanol–water partition coefficient (Wildman–Crippen LogP) is 4.75. The molecule has 0 unspecified atom stereocenters. The molecule has 0 saturated heterocycles. The van der Waals surface area contributed by atoms with Crippen LogP contribution in [0.4, 0.5) is 0 Å². The molecule has 0 saturated carbocycles. The highest BCUT2D eigenvalue weighted by molar-refractivity contribution is 5.53. The second-order valence-electron chi connectivity index (χ2n) is 3.94. The van der Waals surface area contributed by atoms with Gasteiger partial charge in [0.15, 0.2) is 0 Å². The molecular weight excluding hydrogens is 180 g/mol. The number of rotatable bonds is 6. The molecule has 0 aromatic heterocycles. The first kappa shape index (κ1) is 12.0. The highest BCUT2D eigenvalue weighted by atomic mass is 14.0. The van der Waals surface area contributed by atoms with Gasteiger partial charge in [-0.2, -0.15) is 0 Å². The largest absolute Gasteiger partial charge is 0.0654 e. The van der Waals surface area contributed by atoms with E-state index in [-0.39, 0.29) is 0 Å². The molecule has 0 aliphatic carbocycles. The zero-order chi connectivity index (χ0) is 10.9. The summed E-state index contributed by atoms with van der Waals surface area (Å²) in [6.45, 7) is 8.17. The molecule has 15 heavy (non-hydrogen) atoms. The fourth-order valence-electron chi connectivity index (χ4n) is 1.59. The minimum Gasteiger partial charge on any atom is -0.0654 e. The molecule has 80 valence electrons. The van der Waals surface area contributed by atoms with Crippen LogP contribution in [0, 0.1) is 6.92 Å². The first-order chi connectivity index (χ1) is 7.33. The lowest BCUT2D eigenvalue weighted by Crippen LogP contribution is -1.81. The molecule has 0 nitrogen and oxygen atoms in total. The highest BCUT2D eigenvalue weighted by Crippen LogP contribution is 2.13. The lowest BCUT2D eigenvalue weighted by atomic mass is 10.1. The van der Waals surface area contributed by atoms with Gasteiger partial charge in [-0.15, -0.1) is 0 Å². The summed E-state index contributed by atoms with van der Waals surface area (Å²) >= 11 is 0. The third-order valence-electron chi connectivity index (χ3n) is 2.47. The average molecular weight is 200 g/mol. The van der Waals surface area contributed by atoms with Crippen LogP contribution in [-0.4, -0.2) is 0 Å². The lowest BCUT2D eigenvalue weighted by molar-refractivity contribution is 0.669. The Morgan fingerprint density at radius 3 is 2.53 bits per heavy atom. The number of allylic oxidation sites excluding steroid dienone is 1. The van der Waals surface area contributed by atoms with Crippen LogP contribution in [0.15, 0.2) is 35.9 Å². The summed E-state index contributed by atoms with van der Waals surface area (Å²) in [6, 6.07) is 10.3. The molecule has 1 aromatic rings. The third-order valence-corrected chi connectivity index (χ3v) is 2.47. The molecule has 0 heteroatoms. The van der Waals surface area contributed by atoms with Crippen LogP contribution >= 0.6 is 0 Å². The molecule has 0 amide bonds. The minimum absolute atomic E-state index is 0.998. The predicted molar refractivity (Wildman–Crippen MR) is 67.5 cm³/mol. The van der Waals surface area contributed by atoms with E-state index in [0.29, 0.717) is 0 Å². The van der Waals surface area contributed by atoms with Crippen molar-refractivity contribution in [3.63, 3.8) is 0 Å². The maximum Gasteiger partial charge on any atom is -0.00564 e. The maximum absolute atomic E-state index is 5.95. The quantitative estimate of drug-likeness (QED) is 0.581. The molecule has 0 heterocycles. The normalized spacial score (nSPS) is 11.7. The summed E-state index contributed by atoms with van der Waals surface area (Å²) in [5.74, 6) is 0. The third kappa shape index (κ3) is 5.41. The van der Waals surface area contributed by atoms with E-state index in [0.717, 1.165) is 12.0 Å². The summed E-state index contributed by atoms with van der Waals surface area (Å²) in [4.78, 5) is 0. The van der Waals surface area contributed by atoms with Crippen molar-refractivity contribution in [3.8, 4) is 0 Å². The zero-order valence-electron chi connectivity index (χ0n) is 9.58. The molecular formula is C15H20. The van der Waals surface area contributed by atoms with Crippen LogP contribution in [0.25, 0.3) is 6.08 Å². The van der Waals surface area contributed by atoms with Gasteiger partial charge in [0.25, 0.3) is 0 Å². The Labute approximate surface area is 94.0 Å². The topological polar surface area (TPSA) is 0 Å². The van der Waals surface area contributed by atoms with E-state index in [1.807, 2.05) is 18.2 Å². The fraction of sp³-hybridized carbons (Fsp3) is 0.400. The van der Waals surface area contributed by atoms with Crippen molar-refractivity contribution in [3.05, 3.63) is 48.4 Å². The minimum atomic E-state index is 0.998. The number of hydrogen-bond donors (Lipinski definition) is 0. The number of hydrogen-bond acceptors (Lipinski definition) is 0. The van der Waals surface area contributed by atoms with E-state index in [1.165, 1.54) is 31.2 Å². The Bertz CT molecular complexity index is 282. The van der Waals surface area contributed by atoms with Crippen molar-refractivity contribution in [2.24, 2.45) is 0 Å². The van der Waals surface area contributed by atoms with E-state index in [1.54, 1.807) is 0 Å². The van der Waals surface area contributed by atoms with Crippen molar-refractivity contribution in [1.29, 1.82) is 0 Å². The van der Waals surface area contributed by atoms with E-state index in [9.17, 15) is 0 Å². The van der Waals surface area contributed by atoms with Crippen LogP contribution in [0.1, 0.15) is 44.6 Å². The van der Waals surface area contributed by atoms with Crippen molar-refractivity contribution in [2.45, 2.75) is 39.0 Å². The molecule has 0 spiro atoms. The van der Waals surface area contributed by atoms with Crippen LogP contribution in [0.2, 0.25) is 0 Å². The van der Waals surface area contributed by atoms with Crippen LogP contribution in [0.5, 0.6) is 0 Å². The van der Waals surface area contributed by atoms with Gasteiger partial charge in [-0.05, 0) is 25.3 Å². The van der Waals surface area contributed by atoms with Crippen molar-refractivity contribution in [2.75, 3.05) is 0 Å². The van der Waals surface area contributed by atoms with E-state index >= 15 is 0 Å².